The zero-order valence-corrected chi connectivity index (χ0v) is 2.79. The first-order valence-corrected chi connectivity index (χ1v) is 1.33. The SMILES string of the molecule is O=C1[CH]ON=N1. The number of rotatable bonds is 0. The Morgan fingerprint density at radius 1 is 1.83 bits per heavy atom. The Morgan fingerprint density at radius 3 is 2.83 bits per heavy atom. The zero-order chi connectivity index (χ0) is 4.41. The van der Waals surface area contributed by atoms with Gasteiger partial charge in [-0.05, 0) is 0 Å². The lowest BCUT2D eigenvalue weighted by atomic mass is 10.7. The maximum Gasteiger partial charge on any atom is 0.315 e. The van der Waals surface area contributed by atoms with Gasteiger partial charge in [-0.2, -0.15) is 0 Å². The van der Waals surface area contributed by atoms with E-state index in [2.05, 4.69) is 15.2 Å². The van der Waals surface area contributed by atoms with Crippen molar-refractivity contribution in [2.45, 2.75) is 0 Å². The third-order valence-corrected chi connectivity index (χ3v) is 0.340. The molecule has 0 aliphatic carbocycles. The van der Waals surface area contributed by atoms with Crippen molar-refractivity contribution in [2.24, 2.45) is 10.4 Å². The van der Waals surface area contributed by atoms with Crippen LogP contribution in [0.1, 0.15) is 0 Å². The summed E-state index contributed by atoms with van der Waals surface area (Å²) in [4.78, 5) is 13.8. The minimum atomic E-state index is -0.435. The zero-order valence-electron chi connectivity index (χ0n) is 2.79. The van der Waals surface area contributed by atoms with Gasteiger partial charge in [0.15, 0.2) is 0 Å². The molecular formula is C2HN2O2. The molecule has 1 amide bonds. The van der Waals surface area contributed by atoms with Gasteiger partial charge < -0.3 is 4.84 Å². The quantitative estimate of drug-likeness (QED) is 0.418. The van der Waals surface area contributed by atoms with E-state index in [-0.39, 0.29) is 0 Å². The molecule has 0 aromatic heterocycles. The van der Waals surface area contributed by atoms with Crippen molar-refractivity contribution in [2.75, 3.05) is 0 Å². The molecular weight excluding hydrogens is 84.0 g/mol. The predicted octanol–water partition coefficient (Wildman–Crippen LogP) is 0.0722. The molecule has 0 unspecified atom stereocenters. The molecule has 6 heavy (non-hydrogen) atoms. The van der Waals surface area contributed by atoms with Gasteiger partial charge in [0.2, 0.25) is 0 Å². The van der Waals surface area contributed by atoms with E-state index in [0.717, 1.165) is 6.61 Å². The molecule has 1 heterocycles. The molecule has 1 aliphatic rings. The van der Waals surface area contributed by atoms with Gasteiger partial charge in [-0.15, -0.1) is 0 Å². The van der Waals surface area contributed by atoms with Crippen molar-refractivity contribution in [1.29, 1.82) is 0 Å². The molecule has 0 fully saturated rings. The highest BCUT2D eigenvalue weighted by Gasteiger charge is 2.05. The minimum absolute atomic E-state index is 0.435. The minimum Gasteiger partial charge on any atom is -0.361 e. The molecule has 1 aliphatic heterocycles. The molecule has 0 atom stereocenters. The average molecular weight is 85.0 g/mol. The summed E-state index contributed by atoms with van der Waals surface area (Å²) < 4.78 is 0. The summed E-state index contributed by atoms with van der Waals surface area (Å²) in [5.74, 6) is -0.435. The van der Waals surface area contributed by atoms with Crippen LogP contribution >= 0.6 is 0 Å². The molecule has 31 valence electrons. The van der Waals surface area contributed by atoms with E-state index in [1.807, 2.05) is 0 Å². The van der Waals surface area contributed by atoms with Gasteiger partial charge in [0.1, 0.15) is 0 Å². The molecule has 0 bridgehead atoms. The highest BCUT2D eigenvalue weighted by atomic mass is 16.7. The van der Waals surface area contributed by atoms with Crippen LogP contribution in [0, 0.1) is 6.61 Å². The monoisotopic (exact) mass is 85.0 g/mol. The van der Waals surface area contributed by atoms with Gasteiger partial charge in [0.25, 0.3) is 6.61 Å². The first kappa shape index (κ1) is 3.27. The van der Waals surface area contributed by atoms with Crippen molar-refractivity contribution >= 4 is 5.91 Å². The fourth-order valence-corrected chi connectivity index (χ4v) is 0.156. The lowest BCUT2D eigenvalue weighted by Gasteiger charge is -1.69. The molecule has 1 radical (unpaired) electrons. The van der Waals surface area contributed by atoms with Crippen LogP contribution in [0.3, 0.4) is 0 Å². The lowest BCUT2D eigenvalue weighted by molar-refractivity contribution is -0.115. The van der Waals surface area contributed by atoms with E-state index in [9.17, 15) is 4.79 Å². The van der Waals surface area contributed by atoms with Crippen molar-refractivity contribution in [3.63, 3.8) is 0 Å². The van der Waals surface area contributed by atoms with Crippen LogP contribution in [0.15, 0.2) is 10.4 Å². The Labute approximate surface area is 33.8 Å². The summed E-state index contributed by atoms with van der Waals surface area (Å²) in [5.41, 5.74) is 0. The number of carbonyl (C=O) groups is 1. The second-order valence-electron chi connectivity index (χ2n) is 0.743. The van der Waals surface area contributed by atoms with Gasteiger partial charge in [-0.3, -0.25) is 4.79 Å². The number of nitrogens with zero attached hydrogens (tertiary/aromatic N) is 2. The van der Waals surface area contributed by atoms with Crippen LogP contribution in [-0.4, -0.2) is 5.91 Å². The van der Waals surface area contributed by atoms with Crippen LogP contribution < -0.4 is 0 Å². The summed E-state index contributed by atoms with van der Waals surface area (Å²) in [5, 5.41) is 5.83. The van der Waals surface area contributed by atoms with E-state index in [4.69, 9.17) is 0 Å². The van der Waals surface area contributed by atoms with Crippen LogP contribution in [0.4, 0.5) is 0 Å². The third-order valence-electron chi connectivity index (χ3n) is 0.340. The lowest BCUT2D eigenvalue weighted by Crippen LogP contribution is -1.83. The van der Waals surface area contributed by atoms with E-state index in [1.54, 1.807) is 0 Å². The first-order chi connectivity index (χ1) is 2.89. The summed E-state index contributed by atoms with van der Waals surface area (Å²) in [7, 11) is 0. The maximum atomic E-state index is 9.80. The molecule has 0 saturated carbocycles. The highest BCUT2D eigenvalue weighted by Crippen LogP contribution is 1.96. The molecule has 0 N–H and O–H groups in total. The Morgan fingerprint density at radius 2 is 2.67 bits per heavy atom. The number of hydrogen-bond acceptors (Lipinski definition) is 3. The second-order valence-corrected chi connectivity index (χ2v) is 0.743. The Balaban J connectivity index is 2.59. The predicted molar refractivity (Wildman–Crippen MR) is 15.2 cm³/mol. The second kappa shape index (κ2) is 1.04. The fraction of sp³-hybridized carbons (Fsp3) is 0. The largest absolute Gasteiger partial charge is 0.361 e. The fourth-order valence-electron chi connectivity index (χ4n) is 0.156. The van der Waals surface area contributed by atoms with Crippen molar-refractivity contribution in [3.05, 3.63) is 6.61 Å². The molecule has 0 spiro atoms. The van der Waals surface area contributed by atoms with Crippen LogP contribution in [-0.2, 0) is 9.63 Å². The summed E-state index contributed by atoms with van der Waals surface area (Å²) in [6.45, 7) is 0.931. The van der Waals surface area contributed by atoms with Crippen LogP contribution in [0.2, 0.25) is 0 Å². The van der Waals surface area contributed by atoms with E-state index in [1.165, 1.54) is 0 Å². The highest BCUT2D eigenvalue weighted by molar-refractivity contribution is 5.84. The molecule has 0 aromatic rings. The standard InChI is InChI=1S/C2HN2O2/c5-2-1-6-4-3-2/h1H. The van der Waals surface area contributed by atoms with Crippen molar-refractivity contribution in [3.8, 4) is 0 Å². The van der Waals surface area contributed by atoms with Crippen molar-refractivity contribution < 1.29 is 9.63 Å². The normalized spacial score (nSPS) is 18.3. The average Bonchev–Trinajstić information content (AvgIpc) is 1.86. The number of hydrogen-bond donors (Lipinski definition) is 0. The Hall–Kier alpha value is -0.930. The van der Waals surface area contributed by atoms with Gasteiger partial charge in [0, 0.05) is 5.28 Å². The van der Waals surface area contributed by atoms with E-state index >= 15 is 0 Å². The Kier molecular flexibility index (Phi) is 0.567. The van der Waals surface area contributed by atoms with Gasteiger partial charge >= 0.3 is 5.91 Å². The van der Waals surface area contributed by atoms with E-state index < -0.39 is 5.91 Å². The summed E-state index contributed by atoms with van der Waals surface area (Å²) in [6.07, 6.45) is 0. The van der Waals surface area contributed by atoms with Gasteiger partial charge in [0.05, 0.1) is 0 Å². The molecule has 4 heteroatoms. The molecule has 0 saturated heterocycles. The molecule has 0 aromatic carbocycles. The summed E-state index contributed by atoms with van der Waals surface area (Å²) >= 11 is 0. The number of carbonyl (C=O) groups excluding carboxylic acids is 1. The number of amides is 1. The first-order valence-electron chi connectivity index (χ1n) is 1.33. The summed E-state index contributed by atoms with van der Waals surface area (Å²) in [6, 6.07) is 0. The van der Waals surface area contributed by atoms with Gasteiger partial charge in [-0.25, -0.2) is 0 Å². The smallest absolute Gasteiger partial charge is 0.315 e. The van der Waals surface area contributed by atoms with Crippen LogP contribution in [0.25, 0.3) is 0 Å². The topological polar surface area (TPSA) is 51.0 Å². The third kappa shape index (κ3) is 0.357. The Bertz CT molecular complexity index is 97.7. The van der Waals surface area contributed by atoms with Crippen LogP contribution in [0.5, 0.6) is 0 Å². The molecule has 4 nitrogen and oxygen atoms in total. The molecule has 1 rings (SSSR count). The van der Waals surface area contributed by atoms with Gasteiger partial charge in [-0.1, -0.05) is 5.11 Å². The van der Waals surface area contributed by atoms with E-state index in [0.29, 0.717) is 0 Å². The van der Waals surface area contributed by atoms with Crippen molar-refractivity contribution in [1.82, 2.24) is 0 Å². The maximum absolute atomic E-state index is 9.80.